The molecule has 1 heteroatoms. The van der Waals surface area contributed by atoms with E-state index in [9.17, 15) is 0 Å². The van der Waals surface area contributed by atoms with Crippen LogP contribution in [0.2, 0.25) is 0 Å². The lowest BCUT2D eigenvalue weighted by Gasteiger charge is -2.20. The second-order valence-corrected chi connectivity index (χ2v) is 4.01. The van der Waals surface area contributed by atoms with Crippen molar-refractivity contribution in [3.8, 4) is 0 Å². The Kier molecular flexibility index (Phi) is 1.69. The Hall–Kier alpha value is -0.0400. The largest absolute Gasteiger partial charge is 0.330 e. The van der Waals surface area contributed by atoms with E-state index in [0.29, 0.717) is 0 Å². The molecule has 0 aromatic heterocycles. The van der Waals surface area contributed by atoms with E-state index >= 15 is 0 Å². The maximum Gasteiger partial charge on any atom is -0.00745 e. The maximum atomic E-state index is 5.54. The molecule has 0 aromatic rings. The molecule has 10 heavy (non-hydrogen) atoms. The van der Waals surface area contributed by atoms with Crippen LogP contribution in [0.1, 0.15) is 32.1 Å². The van der Waals surface area contributed by atoms with Crippen molar-refractivity contribution < 1.29 is 0 Å². The average Bonchev–Trinajstić information content (AvgIpc) is 2.48. The third-order valence-electron chi connectivity index (χ3n) is 3.42. The van der Waals surface area contributed by atoms with Gasteiger partial charge in [-0.25, -0.2) is 0 Å². The van der Waals surface area contributed by atoms with Crippen LogP contribution in [0.15, 0.2) is 0 Å². The summed E-state index contributed by atoms with van der Waals surface area (Å²) in [6, 6.07) is 0. The summed E-state index contributed by atoms with van der Waals surface area (Å²) in [5, 5.41) is 0. The van der Waals surface area contributed by atoms with Gasteiger partial charge >= 0.3 is 0 Å². The number of hydrogen-bond donors (Lipinski definition) is 1. The quantitative estimate of drug-likeness (QED) is 0.620. The van der Waals surface area contributed by atoms with Crippen LogP contribution in [0.4, 0.5) is 0 Å². The fraction of sp³-hybridized carbons (Fsp3) is 1.00. The lowest BCUT2D eigenvalue weighted by molar-refractivity contribution is 0.318. The van der Waals surface area contributed by atoms with Crippen LogP contribution >= 0.6 is 0 Å². The van der Waals surface area contributed by atoms with Crippen LogP contribution in [0.3, 0.4) is 0 Å². The molecule has 0 aliphatic heterocycles. The van der Waals surface area contributed by atoms with Crippen LogP contribution in [-0.2, 0) is 0 Å². The molecule has 3 atom stereocenters. The van der Waals surface area contributed by atoms with Crippen LogP contribution in [-0.4, -0.2) is 6.54 Å². The topological polar surface area (TPSA) is 26.0 Å². The van der Waals surface area contributed by atoms with Gasteiger partial charge in [-0.15, -0.1) is 0 Å². The van der Waals surface area contributed by atoms with Crippen molar-refractivity contribution in [3.05, 3.63) is 0 Å². The first-order valence-corrected chi connectivity index (χ1v) is 4.60. The third-order valence-corrected chi connectivity index (χ3v) is 3.42. The van der Waals surface area contributed by atoms with Gasteiger partial charge in [0.1, 0.15) is 0 Å². The fourth-order valence-electron chi connectivity index (χ4n) is 2.94. The zero-order chi connectivity index (χ0) is 6.97. The van der Waals surface area contributed by atoms with Gasteiger partial charge in [-0.3, -0.25) is 0 Å². The van der Waals surface area contributed by atoms with Gasteiger partial charge in [-0.1, -0.05) is 6.42 Å². The molecular formula is C9H17N. The van der Waals surface area contributed by atoms with Crippen LogP contribution < -0.4 is 5.73 Å². The predicted molar refractivity (Wildman–Crippen MR) is 42.6 cm³/mol. The Bertz CT molecular complexity index is 122. The highest BCUT2D eigenvalue weighted by molar-refractivity contribution is 4.89. The summed E-state index contributed by atoms with van der Waals surface area (Å²) >= 11 is 0. The fourth-order valence-corrected chi connectivity index (χ4v) is 2.94. The number of hydrogen-bond acceptors (Lipinski definition) is 1. The number of fused-ring (bicyclic) bond motifs is 2. The van der Waals surface area contributed by atoms with Crippen molar-refractivity contribution in [1.29, 1.82) is 0 Å². The Morgan fingerprint density at radius 2 is 2.10 bits per heavy atom. The second-order valence-electron chi connectivity index (χ2n) is 4.01. The number of nitrogens with two attached hydrogens (primary N) is 1. The van der Waals surface area contributed by atoms with E-state index in [1.807, 2.05) is 0 Å². The van der Waals surface area contributed by atoms with E-state index in [-0.39, 0.29) is 0 Å². The normalized spacial score (nSPS) is 44.7. The molecule has 2 aliphatic rings. The second kappa shape index (κ2) is 2.54. The summed E-state index contributed by atoms with van der Waals surface area (Å²) in [5.41, 5.74) is 5.54. The molecule has 2 bridgehead atoms. The van der Waals surface area contributed by atoms with Gasteiger partial charge < -0.3 is 5.73 Å². The summed E-state index contributed by atoms with van der Waals surface area (Å²) in [7, 11) is 0. The van der Waals surface area contributed by atoms with Gasteiger partial charge in [0.25, 0.3) is 0 Å². The monoisotopic (exact) mass is 139 g/mol. The molecule has 0 amide bonds. The van der Waals surface area contributed by atoms with Crippen molar-refractivity contribution in [2.24, 2.45) is 23.5 Å². The van der Waals surface area contributed by atoms with Gasteiger partial charge in [0, 0.05) is 0 Å². The van der Waals surface area contributed by atoms with Gasteiger partial charge in [0.15, 0.2) is 0 Å². The zero-order valence-corrected chi connectivity index (χ0v) is 6.55. The van der Waals surface area contributed by atoms with Crippen molar-refractivity contribution in [1.82, 2.24) is 0 Å². The van der Waals surface area contributed by atoms with Crippen molar-refractivity contribution >= 4 is 0 Å². The Morgan fingerprint density at radius 1 is 1.20 bits per heavy atom. The van der Waals surface area contributed by atoms with E-state index in [1.165, 1.54) is 32.1 Å². The van der Waals surface area contributed by atoms with Gasteiger partial charge in [0.05, 0.1) is 0 Å². The van der Waals surface area contributed by atoms with E-state index in [2.05, 4.69) is 0 Å². The summed E-state index contributed by atoms with van der Waals surface area (Å²) in [6.07, 6.45) is 7.36. The molecule has 0 saturated heterocycles. The van der Waals surface area contributed by atoms with Gasteiger partial charge in [-0.05, 0) is 50.0 Å². The molecule has 0 radical (unpaired) electrons. The van der Waals surface area contributed by atoms with Crippen LogP contribution in [0, 0.1) is 17.8 Å². The highest BCUT2D eigenvalue weighted by Gasteiger charge is 2.38. The van der Waals surface area contributed by atoms with Crippen molar-refractivity contribution in [3.63, 3.8) is 0 Å². The predicted octanol–water partition coefficient (Wildman–Crippen LogP) is 1.77. The molecule has 1 nitrogen and oxygen atoms in total. The minimum atomic E-state index is 0.911. The standard InChI is InChI=1S/C9H17N/c10-4-3-9-6-7-1-2-8(9)5-7/h7-9H,1-6,10H2/t7-,8-,9-/m1/s1. The first-order chi connectivity index (χ1) is 4.90. The van der Waals surface area contributed by atoms with Crippen molar-refractivity contribution in [2.45, 2.75) is 32.1 Å². The van der Waals surface area contributed by atoms with E-state index < -0.39 is 0 Å². The lowest BCUT2D eigenvalue weighted by atomic mass is 9.86. The van der Waals surface area contributed by atoms with Crippen molar-refractivity contribution in [2.75, 3.05) is 6.54 Å². The van der Waals surface area contributed by atoms with Gasteiger partial charge in [-0.2, -0.15) is 0 Å². The highest BCUT2D eigenvalue weighted by Crippen LogP contribution is 2.49. The molecule has 58 valence electrons. The minimum Gasteiger partial charge on any atom is -0.330 e. The first-order valence-electron chi connectivity index (χ1n) is 4.60. The summed E-state index contributed by atoms with van der Waals surface area (Å²) in [4.78, 5) is 0. The molecule has 2 fully saturated rings. The van der Waals surface area contributed by atoms with Crippen LogP contribution in [0.5, 0.6) is 0 Å². The first kappa shape index (κ1) is 6.66. The van der Waals surface area contributed by atoms with Crippen LogP contribution in [0.25, 0.3) is 0 Å². The molecule has 2 N–H and O–H groups in total. The highest BCUT2D eigenvalue weighted by atomic mass is 14.5. The molecule has 0 heterocycles. The molecule has 0 unspecified atom stereocenters. The average molecular weight is 139 g/mol. The molecule has 2 rings (SSSR count). The van der Waals surface area contributed by atoms with Gasteiger partial charge in [0.2, 0.25) is 0 Å². The molecule has 0 aromatic carbocycles. The number of rotatable bonds is 2. The van der Waals surface area contributed by atoms with E-state index in [0.717, 1.165) is 24.3 Å². The Labute approximate surface area is 63.0 Å². The molecular weight excluding hydrogens is 122 g/mol. The SMILES string of the molecule is NCC[C@@H]1C[C@@H]2CC[C@@H]1C2. The summed E-state index contributed by atoms with van der Waals surface area (Å²) in [5.74, 6) is 3.19. The molecule has 2 aliphatic carbocycles. The molecule has 0 spiro atoms. The molecule has 2 saturated carbocycles. The Balaban J connectivity index is 1.90. The lowest BCUT2D eigenvalue weighted by Crippen LogP contribution is -2.14. The summed E-state index contributed by atoms with van der Waals surface area (Å²) in [6.45, 7) is 0.911. The Morgan fingerprint density at radius 3 is 2.60 bits per heavy atom. The zero-order valence-electron chi connectivity index (χ0n) is 6.55. The smallest absolute Gasteiger partial charge is 0.00745 e. The summed E-state index contributed by atoms with van der Waals surface area (Å²) < 4.78 is 0. The third kappa shape index (κ3) is 0.968. The van der Waals surface area contributed by atoms with E-state index in [4.69, 9.17) is 5.73 Å². The minimum absolute atomic E-state index is 0.911. The maximum absolute atomic E-state index is 5.54. The van der Waals surface area contributed by atoms with E-state index in [1.54, 1.807) is 0 Å².